The second kappa shape index (κ2) is 7.89. The number of amides is 2. The third-order valence-electron chi connectivity index (χ3n) is 4.69. The van der Waals surface area contributed by atoms with Crippen molar-refractivity contribution in [1.29, 1.82) is 0 Å². The number of carbonyl (C=O) groups is 2. The van der Waals surface area contributed by atoms with Gasteiger partial charge in [-0.05, 0) is 19.1 Å². The Bertz CT molecular complexity index is 862. The zero-order chi connectivity index (χ0) is 19.5. The summed E-state index contributed by atoms with van der Waals surface area (Å²) in [6.45, 7) is 4.26. The van der Waals surface area contributed by atoms with Gasteiger partial charge in [0, 0.05) is 19.2 Å². The van der Waals surface area contributed by atoms with Crippen molar-refractivity contribution >= 4 is 23.3 Å². The van der Waals surface area contributed by atoms with Gasteiger partial charge < -0.3 is 29.1 Å². The van der Waals surface area contributed by atoms with Gasteiger partial charge in [0.2, 0.25) is 5.91 Å². The van der Waals surface area contributed by atoms with E-state index in [9.17, 15) is 9.59 Å². The topological polar surface area (TPSA) is 97.1 Å². The summed E-state index contributed by atoms with van der Waals surface area (Å²) in [7, 11) is 0. The fraction of sp³-hybridized carbons (Fsp3) is 0.421. The van der Waals surface area contributed by atoms with Crippen molar-refractivity contribution in [3.8, 4) is 5.75 Å². The number of hydrogen-bond acceptors (Lipinski definition) is 7. The molecule has 2 aliphatic rings. The highest BCUT2D eigenvalue weighted by molar-refractivity contribution is 5.94. The van der Waals surface area contributed by atoms with E-state index >= 15 is 0 Å². The second-order valence-corrected chi connectivity index (χ2v) is 6.76. The summed E-state index contributed by atoms with van der Waals surface area (Å²) in [6.07, 6.45) is -0.671. The SMILES string of the molecule is Cc1cc(NC(=O)CN2C[C@@H](C(=O)N3CCOCC3)Oc3ccccc32)no1. The molecule has 9 heteroatoms. The Hall–Kier alpha value is -3.07. The molecule has 28 heavy (non-hydrogen) atoms. The molecule has 1 aromatic carbocycles. The molecule has 0 aliphatic carbocycles. The van der Waals surface area contributed by atoms with Crippen molar-refractivity contribution < 1.29 is 23.6 Å². The predicted octanol–water partition coefficient (Wildman–Crippen LogP) is 1.05. The molecule has 4 rings (SSSR count). The fourth-order valence-electron chi connectivity index (χ4n) is 3.35. The first-order valence-electron chi connectivity index (χ1n) is 9.20. The van der Waals surface area contributed by atoms with Crippen LogP contribution in [0.3, 0.4) is 0 Å². The number of aryl methyl sites for hydroxylation is 1. The number of rotatable bonds is 4. The molecule has 0 spiro atoms. The Labute approximate surface area is 162 Å². The van der Waals surface area contributed by atoms with Crippen LogP contribution in [0.25, 0.3) is 0 Å². The average molecular weight is 386 g/mol. The van der Waals surface area contributed by atoms with Crippen molar-refractivity contribution in [2.45, 2.75) is 13.0 Å². The Morgan fingerprint density at radius 3 is 2.79 bits per heavy atom. The molecule has 0 unspecified atom stereocenters. The minimum atomic E-state index is -0.671. The maximum absolute atomic E-state index is 12.9. The van der Waals surface area contributed by atoms with Crippen molar-refractivity contribution in [2.24, 2.45) is 0 Å². The molecule has 0 bridgehead atoms. The number of morpholine rings is 1. The van der Waals surface area contributed by atoms with Crippen LogP contribution >= 0.6 is 0 Å². The monoisotopic (exact) mass is 386 g/mol. The normalized spacial score (nSPS) is 19.0. The molecule has 3 heterocycles. The lowest BCUT2D eigenvalue weighted by atomic mass is 10.1. The molecule has 2 aliphatic heterocycles. The molecule has 1 atom stereocenters. The van der Waals surface area contributed by atoms with Crippen LogP contribution in [0.15, 0.2) is 34.9 Å². The second-order valence-electron chi connectivity index (χ2n) is 6.76. The zero-order valence-electron chi connectivity index (χ0n) is 15.6. The molecule has 2 aromatic rings. The maximum atomic E-state index is 12.9. The molecule has 1 N–H and O–H groups in total. The molecule has 9 nitrogen and oxygen atoms in total. The minimum Gasteiger partial charge on any atom is -0.477 e. The van der Waals surface area contributed by atoms with Gasteiger partial charge >= 0.3 is 0 Å². The average Bonchev–Trinajstić information content (AvgIpc) is 3.12. The van der Waals surface area contributed by atoms with E-state index in [0.717, 1.165) is 5.69 Å². The van der Waals surface area contributed by atoms with Gasteiger partial charge in [-0.1, -0.05) is 17.3 Å². The summed E-state index contributed by atoms with van der Waals surface area (Å²) in [5.74, 6) is 1.23. The van der Waals surface area contributed by atoms with E-state index in [1.807, 2.05) is 23.1 Å². The first-order valence-corrected chi connectivity index (χ1v) is 9.20. The molecular formula is C19H22N4O5. The van der Waals surface area contributed by atoms with Gasteiger partial charge in [-0.15, -0.1) is 0 Å². The lowest BCUT2D eigenvalue weighted by molar-refractivity contribution is -0.142. The Balaban J connectivity index is 1.48. The van der Waals surface area contributed by atoms with Crippen LogP contribution in [-0.4, -0.2) is 67.4 Å². The number of fused-ring (bicyclic) bond motifs is 1. The molecule has 0 radical (unpaired) electrons. The van der Waals surface area contributed by atoms with E-state index in [1.54, 1.807) is 24.0 Å². The molecule has 1 fully saturated rings. The lowest BCUT2D eigenvalue weighted by Gasteiger charge is -2.37. The standard InChI is InChI=1S/C19H22N4O5/c1-13-10-17(21-28-13)20-18(24)12-23-11-16(19(25)22-6-8-26-9-7-22)27-15-5-3-2-4-14(15)23/h2-5,10,16H,6-9,11-12H2,1H3,(H,20,21,24)/t16-/m0/s1. The van der Waals surface area contributed by atoms with E-state index in [2.05, 4.69) is 10.5 Å². The number of anilines is 2. The number of hydrogen-bond donors (Lipinski definition) is 1. The Kier molecular flexibility index (Phi) is 5.16. The van der Waals surface area contributed by atoms with Crippen LogP contribution in [0.5, 0.6) is 5.75 Å². The first kappa shape index (κ1) is 18.3. The number of nitrogens with one attached hydrogen (secondary N) is 1. The number of carbonyl (C=O) groups excluding carboxylic acids is 2. The summed E-state index contributed by atoms with van der Waals surface area (Å²) >= 11 is 0. The highest BCUT2D eigenvalue weighted by Gasteiger charge is 2.34. The van der Waals surface area contributed by atoms with E-state index in [4.69, 9.17) is 14.0 Å². The number of aromatic nitrogens is 1. The van der Waals surface area contributed by atoms with Gasteiger partial charge in [0.05, 0.1) is 32.0 Å². The van der Waals surface area contributed by atoms with Gasteiger partial charge in [-0.2, -0.15) is 0 Å². The van der Waals surface area contributed by atoms with Crippen LogP contribution in [0.4, 0.5) is 11.5 Å². The van der Waals surface area contributed by atoms with Crippen LogP contribution < -0.4 is 15.0 Å². The molecule has 2 amide bonds. The molecule has 1 saturated heterocycles. The van der Waals surface area contributed by atoms with Crippen LogP contribution in [0.1, 0.15) is 5.76 Å². The summed E-state index contributed by atoms with van der Waals surface area (Å²) < 4.78 is 16.2. The quantitative estimate of drug-likeness (QED) is 0.839. The number of ether oxygens (including phenoxy) is 2. The van der Waals surface area contributed by atoms with Crippen molar-refractivity contribution in [1.82, 2.24) is 10.1 Å². The van der Waals surface area contributed by atoms with Crippen LogP contribution in [0.2, 0.25) is 0 Å². The zero-order valence-corrected chi connectivity index (χ0v) is 15.6. The highest BCUT2D eigenvalue weighted by Crippen LogP contribution is 2.33. The third-order valence-corrected chi connectivity index (χ3v) is 4.69. The van der Waals surface area contributed by atoms with Gasteiger partial charge in [0.25, 0.3) is 5.91 Å². The van der Waals surface area contributed by atoms with E-state index in [1.165, 1.54) is 0 Å². The van der Waals surface area contributed by atoms with E-state index in [-0.39, 0.29) is 18.4 Å². The summed E-state index contributed by atoms with van der Waals surface area (Å²) in [6, 6.07) is 9.04. The van der Waals surface area contributed by atoms with E-state index < -0.39 is 6.10 Å². The molecule has 0 saturated carbocycles. The van der Waals surface area contributed by atoms with Gasteiger partial charge in [-0.3, -0.25) is 9.59 Å². The molecular weight excluding hydrogens is 364 g/mol. The lowest BCUT2D eigenvalue weighted by Crippen LogP contribution is -2.53. The molecule has 148 valence electrons. The maximum Gasteiger partial charge on any atom is 0.265 e. The largest absolute Gasteiger partial charge is 0.477 e. The minimum absolute atomic E-state index is 0.0686. The van der Waals surface area contributed by atoms with Gasteiger partial charge in [-0.25, -0.2) is 0 Å². The highest BCUT2D eigenvalue weighted by atomic mass is 16.5. The van der Waals surface area contributed by atoms with Gasteiger partial charge in [0.15, 0.2) is 11.9 Å². The summed E-state index contributed by atoms with van der Waals surface area (Å²) in [4.78, 5) is 29.0. The number of nitrogens with zero attached hydrogens (tertiary/aromatic N) is 3. The smallest absolute Gasteiger partial charge is 0.265 e. The number of benzene rings is 1. The molecule has 1 aromatic heterocycles. The van der Waals surface area contributed by atoms with Crippen LogP contribution in [-0.2, 0) is 14.3 Å². The first-order chi connectivity index (χ1) is 13.6. The Morgan fingerprint density at radius 1 is 1.25 bits per heavy atom. The summed E-state index contributed by atoms with van der Waals surface area (Å²) in [5, 5.41) is 6.48. The third kappa shape index (κ3) is 3.94. The van der Waals surface area contributed by atoms with Crippen molar-refractivity contribution in [3.05, 3.63) is 36.1 Å². The van der Waals surface area contributed by atoms with Crippen LogP contribution in [0, 0.1) is 6.92 Å². The fourth-order valence-corrected chi connectivity index (χ4v) is 3.35. The summed E-state index contributed by atoms with van der Waals surface area (Å²) in [5.41, 5.74) is 0.778. The predicted molar refractivity (Wildman–Crippen MR) is 100 cm³/mol. The number of para-hydroxylation sites is 2. The van der Waals surface area contributed by atoms with Gasteiger partial charge in [0.1, 0.15) is 11.5 Å². The van der Waals surface area contributed by atoms with Crippen molar-refractivity contribution in [3.63, 3.8) is 0 Å². The van der Waals surface area contributed by atoms with Crippen molar-refractivity contribution in [2.75, 3.05) is 49.6 Å². The Morgan fingerprint density at radius 2 is 2.04 bits per heavy atom. The van der Waals surface area contributed by atoms with E-state index in [0.29, 0.717) is 50.2 Å².